The van der Waals surface area contributed by atoms with Gasteiger partial charge in [-0.3, -0.25) is 0 Å². The maximum Gasteiger partial charge on any atom is 0.120 e. The molecule has 0 atom stereocenters. The number of fused-ring (bicyclic) bond motifs is 1. The minimum absolute atomic E-state index is 0.758. The number of rotatable bonds is 5. The third-order valence-corrected chi connectivity index (χ3v) is 2.46. The van der Waals surface area contributed by atoms with Crippen molar-refractivity contribution in [1.82, 2.24) is 9.88 Å². The molecule has 0 bridgehead atoms. The van der Waals surface area contributed by atoms with E-state index in [9.17, 15) is 0 Å². The summed E-state index contributed by atoms with van der Waals surface area (Å²) in [5.74, 6) is 0.919. The van der Waals surface area contributed by atoms with E-state index in [1.807, 2.05) is 24.4 Å². The predicted octanol–water partition coefficient (Wildman–Crippen LogP) is 2.30. The summed E-state index contributed by atoms with van der Waals surface area (Å²) < 4.78 is 5.67. The Balaban J connectivity index is 1.89. The summed E-state index contributed by atoms with van der Waals surface area (Å²) in [4.78, 5) is 5.27. The molecule has 0 saturated heterocycles. The highest BCUT2D eigenvalue weighted by Gasteiger charge is 1.98. The predicted molar refractivity (Wildman–Crippen MR) is 65.8 cm³/mol. The molecular weight excluding hydrogens is 200 g/mol. The van der Waals surface area contributed by atoms with Crippen molar-refractivity contribution < 1.29 is 4.74 Å². The Labute approximate surface area is 96.0 Å². The molecule has 0 aliphatic heterocycles. The number of hydrogen-bond acceptors (Lipinski definition) is 2. The number of aromatic amines is 1. The second kappa shape index (κ2) is 5.03. The summed E-state index contributed by atoms with van der Waals surface area (Å²) in [5, 5.41) is 1.07. The molecule has 2 rings (SSSR count). The summed E-state index contributed by atoms with van der Waals surface area (Å²) in [7, 11) is 4.14. The summed E-state index contributed by atoms with van der Waals surface area (Å²) in [6, 6.07) is 9.15. The van der Waals surface area contributed by atoms with Gasteiger partial charge in [-0.25, -0.2) is 0 Å². The van der Waals surface area contributed by atoms with Crippen LogP contribution in [0.4, 0.5) is 0 Å². The topological polar surface area (TPSA) is 28.3 Å². The van der Waals surface area contributed by atoms with E-state index in [1.165, 1.54) is 0 Å². The van der Waals surface area contributed by atoms with Crippen LogP contribution < -0.4 is 4.74 Å². The number of nitrogens with one attached hydrogen (secondary N) is 1. The van der Waals surface area contributed by atoms with Gasteiger partial charge in [0, 0.05) is 29.7 Å². The smallest absolute Gasteiger partial charge is 0.120 e. The average molecular weight is 217 g/mol. The fourth-order valence-corrected chi connectivity index (χ4v) is 1.62. The second-order valence-corrected chi connectivity index (χ2v) is 4.15. The molecule has 0 amide bonds. The first-order valence-corrected chi connectivity index (χ1v) is 5.52. The quantitative estimate of drug-likeness (QED) is 0.778. The van der Waals surface area contributed by atoms with E-state index in [-0.39, 0.29) is 0 Å². The van der Waals surface area contributed by atoms with Gasteiger partial charge >= 0.3 is 0 Å². The zero-order valence-corrected chi connectivity index (χ0v) is 9.79. The van der Waals surface area contributed by atoms with Crippen LogP contribution in [-0.4, -0.2) is 37.1 Å². The fraction of sp³-hybridized carbons (Fsp3) is 0.385. The first-order valence-electron chi connectivity index (χ1n) is 5.52. The minimum Gasteiger partial charge on any atom is -0.494 e. The number of ether oxygens (including phenoxy) is 1. The molecule has 1 N–H and O–H groups in total. The van der Waals surface area contributed by atoms with Crippen LogP contribution in [0, 0.1) is 6.07 Å². The third kappa shape index (κ3) is 2.76. The Morgan fingerprint density at radius 2 is 2.25 bits per heavy atom. The highest BCUT2D eigenvalue weighted by Crippen LogP contribution is 2.19. The van der Waals surface area contributed by atoms with Crippen LogP contribution in [0.1, 0.15) is 6.42 Å². The van der Waals surface area contributed by atoms with Crippen LogP contribution in [0.25, 0.3) is 10.9 Å². The zero-order valence-electron chi connectivity index (χ0n) is 9.79. The molecule has 0 saturated carbocycles. The summed E-state index contributed by atoms with van der Waals surface area (Å²) in [6.07, 6.45) is 2.86. The summed E-state index contributed by atoms with van der Waals surface area (Å²) in [6.45, 7) is 1.81. The lowest BCUT2D eigenvalue weighted by molar-refractivity contribution is 0.282. The van der Waals surface area contributed by atoms with Gasteiger partial charge < -0.3 is 14.6 Å². The van der Waals surface area contributed by atoms with Crippen molar-refractivity contribution in [3.8, 4) is 5.75 Å². The van der Waals surface area contributed by atoms with E-state index in [0.29, 0.717) is 0 Å². The van der Waals surface area contributed by atoms with Crippen molar-refractivity contribution in [3.05, 3.63) is 30.5 Å². The maximum absolute atomic E-state index is 5.67. The first-order chi connectivity index (χ1) is 7.75. The lowest BCUT2D eigenvalue weighted by Gasteiger charge is -2.10. The van der Waals surface area contributed by atoms with E-state index in [4.69, 9.17) is 4.74 Å². The Hall–Kier alpha value is -1.48. The normalized spacial score (nSPS) is 11.2. The molecule has 3 heteroatoms. The maximum atomic E-state index is 5.67. The van der Waals surface area contributed by atoms with Crippen molar-refractivity contribution in [2.45, 2.75) is 6.42 Å². The number of H-pyrrole nitrogens is 1. The minimum atomic E-state index is 0.758. The molecule has 0 aliphatic carbocycles. The van der Waals surface area contributed by atoms with E-state index in [1.54, 1.807) is 0 Å². The van der Waals surface area contributed by atoms with E-state index in [0.717, 1.165) is 36.2 Å². The molecule has 0 fully saturated rings. The van der Waals surface area contributed by atoms with Gasteiger partial charge in [0.2, 0.25) is 0 Å². The van der Waals surface area contributed by atoms with Gasteiger partial charge in [0.05, 0.1) is 6.61 Å². The lowest BCUT2D eigenvalue weighted by Crippen LogP contribution is -2.15. The van der Waals surface area contributed by atoms with Gasteiger partial charge in [-0.2, -0.15) is 0 Å². The molecule has 3 nitrogen and oxygen atoms in total. The average Bonchev–Trinajstić information content (AvgIpc) is 2.71. The van der Waals surface area contributed by atoms with Crippen LogP contribution >= 0.6 is 0 Å². The standard InChI is InChI=1S/C13H17N2O/c1-15(2)8-3-9-16-12-4-5-13-11(10-12)6-7-14-13/h4-5,7,10,14H,3,8-9H2,1-2H3. The first kappa shape index (κ1) is 11.0. The second-order valence-electron chi connectivity index (χ2n) is 4.15. The lowest BCUT2D eigenvalue weighted by atomic mass is 10.2. The molecule has 0 spiro atoms. The Morgan fingerprint density at radius 3 is 3.06 bits per heavy atom. The van der Waals surface area contributed by atoms with E-state index < -0.39 is 0 Å². The Kier molecular flexibility index (Phi) is 3.47. The van der Waals surface area contributed by atoms with E-state index >= 15 is 0 Å². The van der Waals surface area contributed by atoms with Crippen molar-refractivity contribution in [2.24, 2.45) is 0 Å². The highest BCUT2D eigenvalue weighted by molar-refractivity contribution is 5.80. The van der Waals surface area contributed by atoms with Gasteiger partial charge in [-0.15, -0.1) is 0 Å². The number of benzene rings is 1. The van der Waals surface area contributed by atoms with Crippen LogP contribution in [0.2, 0.25) is 0 Å². The summed E-state index contributed by atoms with van der Waals surface area (Å²) in [5.41, 5.74) is 1.10. The van der Waals surface area contributed by atoms with Crippen molar-refractivity contribution in [3.63, 3.8) is 0 Å². The van der Waals surface area contributed by atoms with Crippen LogP contribution in [0.15, 0.2) is 24.4 Å². The molecule has 0 aliphatic rings. The number of hydrogen-bond donors (Lipinski definition) is 1. The molecule has 1 aromatic heterocycles. The Morgan fingerprint density at radius 1 is 1.38 bits per heavy atom. The molecular formula is C13H17N2O. The van der Waals surface area contributed by atoms with Gasteiger partial charge in [-0.1, -0.05) is 0 Å². The van der Waals surface area contributed by atoms with Crippen molar-refractivity contribution >= 4 is 10.9 Å². The monoisotopic (exact) mass is 217 g/mol. The molecule has 16 heavy (non-hydrogen) atoms. The third-order valence-electron chi connectivity index (χ3n) is 2.46. The molecule has 1 aromatic carbocycles. The summed E-state index contributed by atoms with van der Waals surface area (Å²) >= 11 is 0. The van der Waals surface area contributed by atoms with Crippen LogP contribution in [-0.2, 0) is 0 Å². The SMILES string of the molecule is CN(C)CCCOc1ccc2[nH]c[c]c2c1. The molecule has 85 valence electrons. The fourth-order valence-electron chi connectivity index (χ4n) is 1.62. The van der Waals surface area contributed by atoms with Gasteiger partial charge in [-0.05, 0) is 38.7 Å². The number of nitrogens with zero attached hydrogens (tertiary/aromatic N) is 1. The molecule has 0 unspecified atom stereocenters. The van der Waals surface area contributed by atoms with Crippen molar-refractivity contribution in [1.29, 1.82) is 0 Å². The van der Waals surface area contributed by atoms with Crippen LogP contribution in [0.5, 0.6) is 5.75 Å². The molecule has 2 aromatic rings. The van der Waals surface area contributed by atoms with E-state index in [2.05, 4.69) is 30.0 Å². The van der Waals surface area contributed by atoms with Gasteiger partial charge in [0.25, 0.3) is 0 Å². The van der Waals surface area contributed by atoms with Crippen LogP contribution in [0.3, 0.4) is 0 Å². The molecule has 1 radical (unpaired) electrons. The zero-order chi connectivity index (χ0) is 11.4. The van der Waals surface area contributed by atoms with Gasteiger partial charge in [0.1, 0.15) is 5.75 Å². The molecule has 1 heterocycles. The highest BCUT2D eigenvalue weighted by atomic mass is 16.5. The Bertz CT molecular complexity index is 448. The van der Waals surface area contributed by atoms with Gasteiger partial charge in [0.15, 0.2) is 0 Å². The van der Waals surface area contributed by atoms with Crippen molar-refractivity contribution in [2.75, 3.05) is 27.2 Å². The largest absolute Gasteiger partial charge is 0.494 e. The number of aromatic nitrogens is 1.